The second kappa shape index (κ2) is 9.55. The monoisotopic (exact) mass is 467 g/mol. The van der Waals surface area contributed by atoms with Crippen LogP contribution >= 0.6 is 0 Å². The number of aromatic nitrogens is 2. The highest BCUT2D eigenvalue weighted by atomic mass is 16.2. The van der Waals surface area contributed by atoms with E-state index in [0.717, 1.165) is 46.4 Å². The van der Waals surface area contributed by atoms with Crippen molar-refractivity contribution < 1.29 is 4.79 Å². The molecule has 0 atom stereocenters. The molecule has 0 spiro atoms. The van der Waals surface area contributed by atoms with Gasteiger partial charge in [-0.05, 0) is 68.4 Å². The maximum atomic E-state index is 12.2. The molecule has 1 aliphatic heterocycles. The summed E-state index contributed by atoms with van der Waals surface area (Å²) in [5.74, 6) is 0.00458. The highest BCUT2D eigenvalue weighted by Crippen LogP contribution is 2.32. The molecule has 2 aromatic heterocycles. The van der Waals surface area contributed by atoms with Crippen LogP contribution in [0.3, 0.4) is 0 Å². The van der Waals surface area contributed by atoms with Crippen molar-refractivity contribution in [2.45, 2.75) is 18.9 Å². The number of nitrogens with zero attached hydrogens (tertiary/aromatic N) is 4. The molecule has 180 valence electrons. The van der Waals surface area contributed by atoms with E-state index in [9.17, 15) is 4.79 Å². The van der Waals surface area contributed by atoms with Gasteiger partial charge in [-0.1, -0.05) is 24.3 Å². The number of benzene rings is 2. The predicted octanol–water partition coefficient (Wildman–Crippen LogP) is 5.13. The molecular formula is C29H33N5O. The zero-order valence-corrected chi connectivity index (χ0v) is 21.0. The van der Waals surface area contributed by atoms with E-state index in [1.54, 1.807) is 19.0 Å². The summed E-state index contributed by atoms with van der Waals surface area (Å²) in [4.78, 5) is 26.6. The first kappa shape index (κ1) is 23.1. The highest BCUT2D eigenvalue weighted by molar-refractivity contribution is 5.98. The second-order valence-electron chi connectivity index (χ2n) is 9.83. The number of aromatic amines is 1. The van der Waals surface area contributed by atoms with E-state index in [-0.39, 0.29) is 5.91 Å². The predicted molar refractivity (Wildman–Crippen MR) is 144 cm³/mol. The Kier molecular flexibility index (Phi) is 6.31. The van der Waals surface area contributed by atoms with Gasteiger partial charge >= 0.3 is 0 Å². The summed E-state index contributed by atoms with van der Waals surface area (Å²) in [6.07, 6.45) is 6.33. The first-order valence-electron chi connectivity index (χ1n) is 12.2. The summed E-state index contributed by atoms with van der Waals surface area (Å²) in [6.45, 7) is 2.20. The Hall–Kier alpha value is -3.64. The SMILES string of the molecule is CN(C)C(=O)c1ccc(-c2c[nH]c3ncc(-c4ccc(N5CCC(N(C)C)CC5)cc4)cc23)cc1. The Bertz CT molecular complexity index is 1310. The van der Waals surface area contributed by atoms with Crippen LogP contribution in [0, 0.1) is 0 Å². The first-order chi connectivity index (χ1) is 16.9. The number of fused-ring (bicyclic) bond motifs is 1. The fourth-order valence-corrected chi connectivity index (χ4v) is 4.96. The number of piperidine rings is 1. The molecule has 0 saturated carbocycles. The van der Waals surface area contributed by atoms with Gasteiger partial charge in [0, 0.05) is 73.4 Å². The van der Waals surface area contributed by atoms with E-state index >= 15 is 0 Å². The van der Waals surface area contributed by atoms with Crippen molar-refractivity contribution >= 4 is 22.6 Å². The average molecular weight is 468 g/mol. The number of rotatable bonds is 5. The molecule has 1 N–H and O–H groups in total. The Morgan fingerprint density at radius 1 is 0.914 bits per heavy atom. The van der Waals surface area contributed by atoms with E-state index in [1.165, 1.54) is 18.5 Å². The van der Waals surface area contributed by atoms with E-state index < -0.39 is 0 Å². The van der Waals surface area contributed by atoms with E-state index in [0.29, 0.717) is 11.6 Å². The molecule has 0 aliphatic carbocycles. The second-order valence-corrected chi connectivity index (χ2v) is 9.83. The number of nitrogens with one attached hydrogen (secondary N) is 1. The van der Waals surface area contributed by atoms with Gasteiger partial charge in [0.1, 0.15) is 5.65 Å². The lowest BCUT2D eigenvalue weighted by Gasteiger charge is -2.36. The number of amides is 1. The summed E-state index contributed by atoms with van der Waals surface area (Å²) < 4.78 is 0. The van der Waals surface area contributed by atoms with Crippen molar-refractivity contribution in [1.82, 2.24) is 19.8 Å². The van der Waals surface area contributed by atoms with Crippen molar-refractivity contribution in [3.8, 4) is 22.3 Å². The van der Waals surface area contributed by atoms with Gasteiger partial charge < -0.3 is 19.7 Å². The maximum Gasteiger partial charge on any atom is 0.253 e. The number of pyridine rings is 1. The lowest BCUT2D eigenvalue weighted by molar-refractivity contribution is 0.0827. The molecule has 1 amide bonds. The normalized spacial score (nSPS) is 14.6. The molecule has 0 unspecified atom stereocenters. The lowest BCUT2D eigenvalue weighted by Crippen LogP contribution is -2.41. The van der Waals surface area contributed by atoms with E-state index in [2.05, 4.69) is 64.2 Å². The third-order valence-corrected chi connectivity index (χ3v) is 7.14. The van der Waals surface area contributed by atoms with E-state index in [1.807, 2.05) is 36.7 Å². The standard InChI is InChI=1S/C29H33N5O/c1-32(2)24-13-15-34(16-14-24)25-11-9-20(10-12-25)23-17-26-27(19-31-28(26)30-18-23)21-5-7-22(8-6-21)29(35)33(3)4/h5-12,17-19,24H,13-16H2,1-4H3,(H,30,31). The molecule has 1 fully saturated rings. The van der Waals surface area contributed by atoms with Gasteiger partial charge in [0.2, 0.25) is 0 Å². The summed E-state index contributed by atoms with van der Waals surface area (Å²) >= 11 is 0. The molecule has 4 aromatic rings. The molecular weight excluding hydrogens is 434 g/mol. The number of H-pyrrole nitrogens is 1. The van der Waals surface area contributed by atoms with Crippen LogP contribution < -0.4 is 4.90 Å². The van der Waals surface area contributed by atoms with Crippen LogP contribution in [0.2, 0.25) is 0 Å². The van der Waals surface area contributed by atoms with Gasteiger partial charge in [0.05, 0.1) is 0 Å². The fraction of sp³-hybridized carbons (Fsp3) is 0.310. The minimum atomic E-state index is 0.00458. The lowest BCUT2D eigenvalue weighted by atomic mass is 10.0. The number of hydrogen-bond donors (Lipinski definition) is 1. The smallest absolute Gasteiger partial charge is 0.253 e. The van der Waals surface area contributed by atoms with E-state index in [4.69, 9.17) is 0 Å². The van der Waals surface area contributed by atoms with Crippen molar-refractivity contribution in [2.24, 2.45) is 0 Å². The third kappa shape index (κ3) is 4.66. The molecule has 0 radical (unpaired) electrons. The molecule has 5 rings (SSSR count). The van der Waals surface area contributed by atoms with Crippen LogP contribution in [0.4, 0.5) is 5.69 Å². The number of carbonyl (C=O) groups excluding carboxylic acids is 1. The molecule has 6 heteroatoms. The molecule has 6 nitrogen and oxygen atoms in total. The van der Waals surface area contributed by atoms with Crippen molar-refractivity contribution in [3.63, 3.8) is 0 Å². The van der Waals surface area contributed by atoms with Crippen LogP contribution in [-0.2, 0) is 0 Å². The fourth-order valence-electron chi connectivity index (χ4n) is 4.96. The zero-order chi connectivity index (χ0) is 24.5. The summed E-state index contributed by atoms with van der Waals surface area (Å²) in [6, 6.07) is 19.5. The van der Waals surface area contributed by atoms with Crippen LogP contribution in [0.1, 0.15) is 23.2 Å². The number of hydrogen-bond acceptors (Lipinski definition) is 4. The highest BCUT2D eigenvalue weighted by Gasteiger charge is 2.20. The van der Waals surface area contributed by atoms with Gasteiger partial charge in [0.25, 0.3) is 5.91 Å². The summed E-state index contributed by atoms with van der Waals surface area (Å²) in [7, 11) is 7.89. The molecule has 1 aliphatic rings. The first-order valence-corrected chi connectivity index (χ1v) is 12.2. The van der Waals surface area contributed by atoms with Gasteiger partial charge in [-0.15, -0.1) is 0 Å². The average Bonchev–Trinajstić information content (AvgIpc) is 3.32. The van der Waals surface area contributed by atoms with Gasteiger partial charge in [0.15, 0.2) is 0 Å². The van der Waals surface area contributed by atoms with Crippen molar-refractivity contribution in [1.29, 1.82) is 0 Å². The third-order valence-electron chi connectivity index (χ3n) is 7.14. The topological polar surface area (TPSA) is 55.5 Å². The maximum absolute atomic E-state index is 12.2. The van der Waals surface area contributed by atoms with Crippen LogP contribution in [0.25, 0.3) is 33.3 Å². The van der Waals surface area contributed by atoms with Gasteiger partial charge in [-0.3, -0.25) is 4.79 Å². The molecule has 35 heavy (non-hydrogen) atoms. The largest absolute Gasteiger partial charge is 0.371 e. The van der Waals surface area contributed by atoms with Gasteiger partial charge in [-0.2, -0.15) is 0 Å². The Morgan fingerprint density at radius 2 is 1.57 bits per heavy atom. The Morgan fingerprint density at radius 3 is 2.20 bits per heavy atom. The molecule has 0 bridgehead atoms. The molecule has 3 heterocycles. The van der Waals surface area contributed by atoms with Crippen molar-refractivity contribution in [2.75, 3.05) is 46.2 Å². The number of carbonyl (C=O) groups is 1. The summed E-state index contributed by atoms with van der Waals surface area (Å²) in [5, 5.41) is 1.07. The van der Waals surface area contributed by atoms with Gasteiger partial charge in [-0.25, -0.2) is 4.98 Å². The van der Waals surface area contributed by atoms with Crippen molar-refractivity contribution in [3.05, 3.63) is 72.6 Å². The number of anilines is 1. The minimum absolute atomic E-state index is 0.00458. The summed E-state index contributed by atoms with van der Waals surface area (Å²) in [5.41, 5.74) is 7.22. The Labute approximate surface area is 207 Å². The molecule has 2 aromatic carbocycles. The molecule has 1 saturated heterocycles. The minimum Gasteiger partial charge on any atom is -0.371 e. The van der Waals surface area contributed by atoms with Crippen LogP contribution in [-0.4, -0.2) is 73.0 Å². The van der Waals surface area contributed by atoms with Crippen LogP contribution in [0.5, 0.6) is 0 Å². The van der Waals surface area contributed by atoms with Crippen LogP contribution in [0.15, 0.2) is 67.0 Å². The zero-order valence-electron chi connectivity index (χ0n) is 21.0. The Balaban J connectivity index is 1.37. The quantitative estimate of drug-likeness (QED) is 0.442.